The molecule has 0 saturated heterocycles. The first kappa shape index (κ1) is 99.1. The topological polar surface area (TPSA) is 68.1 Å². The van der Waals surface area contributed by atoms with E-state index >= 15 is 0 Å². The maximum atomic E-state index is 6.91. The van der Waals surface area contributed by atoms with E-state index in [0.717, 1.165) is 70.3 Å². The summed E-state index contributed by atoms with van der Waals surface area (Å²) in [6.45, 7) is 59.5. The summed E-state index contributed by atoms with van der Waals surface area (Å²) in [6.07, 6.45) is 18.5. The lowest BCUT2D eigenvalue weighted by molar-refractivity contribution is -0.660. The lowest BCUT2D eigenvalue weighted by Crippen LogP contribution is -2.37. The van der Waals surface area contributed by atoms with Gasteiger partial charge in [0.15, 0.2) is 24.8 Å². The molecule has 8 nitrogen and oxygen atoms in total. The van der Waals surface area contributed by atoms with E-state index in [-0.39, 0.29) is 32.5 Å². The molecule has 25 rings (SSSR count). The highest BCUT2D eigenvalue weighted by Gasteiger charge is 2.52. The molecule has 148 heavy (non-hydrogen) atoms. The summed E-state index contributed by atoms with van der Waals surface area (Å²) in [5.74, 6) is 2.12. The van der Waals surface area contributed by atoms with Crippen LogP contribution in [0.5, 0.6) is 0 Å². The second kappa shape index (κ2) is 36.2. The summed E-state index contributed by atoms with van der Waals surface area (Å²) in [5, 5.41) is 9.64. The van der Waals surface area contributed by atoms with Gasteiger partial charge in [0.1, 0.15) is 72.9 Å². The van der Waals surface area contributed by atoms with Gasteiger partial charge in [-0.2, -0.15) is 0 Å². The van der Waals surface area contributed by atoms with Gasteiger partial charge in [0.25, 0.3) is 0 Å². The van der Waals surface area contributed by atoms with Gasteiger partial charge >= 0.3 is 0 Å². The van der Waals surface area contributed by atoms with Crippen molar-refractivity contribution in [2.75, 3.05) is 0 Å². The van der Waals surface area contributed by atoms with Crippen molar-refractivity contribution in [2.45, 2.75) is 253 Å². The van der Waals surface area contributed by atoms with Crippen LogP contribution in [0.2, 0.25) is 0 Å². The van der Waals surface area contributed by atoms with Crippen molar-refractivity contribution in [3.63, 3.8) is 0 Å². The fourth-order valence-corrected chi connectivity index (χ4v) is 28.8. The van der Waals surface area contributed by atoms with Crippen LogP contribution in [0, 0.1) is 118 Å². The Morgan fingerprint density at radius 2 is 0.520 bits per heavy atom. The van der Waals surface area contributed by atoms with Crippen molar-refractivity contribution in [2.24, 2.45) is 62.7 Å². The van der Waals surface area contributed by atoms with Crippen LogP contribution in [0.4, 0.5) is 0 Å². The number of hydrogen-bond donors (Lipinski definition) is 0. The van der Waals surface area contributed by atoms with E-state index in [4.69, 9.17) is 17.7 Å². The van der Waals surface area contributed by atoms with Crippen LogP contribution in [-0.4, -0.2) is 0 Å². The highest BCUT2D eigenvalue weighted by Crippen LogP contribution is 2.64. The Morgan fingerprint density at radius 1 is 0.257 bits per heavy atom. The molecule has 8 aromatic heterocycles. The van der Waals surface area contributed by atoms with E-state index in [2.05, 4.69) is 470 Å². The van der Waals surface area contributed by atoms with Crippen LogP contribution >= 0.6 is 0 Å². The molecule has 8 heteroatoms. The Bertz CT molecular complexity index is 8860. The molecule has 0 bridgehead atoms. The van der Waals surface area contributed by atoms with Crippen LogP contribution in [0.25, 0.3) is 177 Å². The largest absolute Gasteiger partial charge is 0.455 e. The first-order valence-electron chi connectivity index (χ1n) is 54.7. The van der Waals surface area contributed by atoms with E-state index < -0.39 is 0 Å². The molecule has 20 aromatic rings. The lowest BCUT2D eigenvalue weighted by Gasteiger charge is -2.42. The number of pyridine rings is 4. The van der Waals surface area contributed by atoms with Crippen molar-refractivity contribution in [3.8, 4) is 89.5 Å². The minimum Gasteiger partial charge on any atom is -0.455 e. The SMILES string of the molecule is Cc1cc(-c2c(C)ccc3c2oc2cc4c(cc23)-c2ccccc2C4(C(C)C)C(C)C)[n+](C)cc1C.Cc1cc(-c2c(C)ccc3c2oc2cc4c(cc23)-c2ccccc2C4(CC(C)(C)C)CC(C)(C)C)[n+](C)cc1C.Cc1cc(-c2c(C)ccc3c2oc2cc4c(cc23)-c2ccccc2C4(CC(C)C)CC(C)C)[n+](C)cc1C.Cc1cc(-c2c(C)ccc3c2oc2cc4c(cc23)-c2ccccc2C42CCCC2)[n+](C)cc1C. The number of aromatic nitrogens is 4. The standard InChI is InChI=1S/C38H44NO.C36H40NO.C34H36NO.C32H30NO/c1-23-15-16-27-29-18-28-26-13-11-12-14-30(26)38(21-36(4,5)6,22-37(7,8)9)31(28)19-33(29)40-35(27)34(23)32-17-24(2)25(3)20-39(32)10;1-21(2)18-36(19-22(3)4)30-12-10-9-11-26(30)28-16-29-27-14-13-23(5)34(35(27)38-33(29)17-31(28)36)32-15-24(6)25(7)20-37(32)8;1-19(2)34(20(3)4)28-12-10-9-11-24(28)26-16-27-25-14-13-21(5)32(33(25)36-31(27)17-29(26)34)30-15-22(6)23(7)18-35(30)8;1-19-11-12-23-25-16-24-22-9-5-6-10-26(22)32(13-7-8-14-32)27(24)17-29(25)34-31(23)30(19)28-15-20(2)21(3)18-33(28)4/h11-20H,21-22H2,1-10H3;9-17,20-22H,18-19H2,1-8H3;9-20H,1-8H3;5-6,9-12,15-18H,7-8,13-14H2,1-4H3/q4*+1. The van der Waals surface area contributed by atoms with E-state index in [9.17, 15) is 0 Å². The van der Waals surface area contributed by atoms with Gasteiger partial charge < -0.3 is 17.7 Å². The Labute approximate surface area is 877 Å². The highest BCUT2D eigenvalue weighted by atomic mass is 16.3. The number of aryl methyl sites for hydroxylation is 16. The molecule has 750 valence electrons. The van der Waals surface area contributed by atoms with Gasteiger partial charge in [0, 0.05) is 111 Å². The molecule has 1 spiro atoms. The smallest absolute Gasteiger partial charge is 0.216 e. The average Bonchev–Trinajstić information content (AvgIpc) is 1.55. The van der Waals surface area contributed by atoms with Gasteiger partial charge in [0.2, 0.25) is 22.8 Å². The summed E-state index contributed by atoms with van der Waals surface area (Å²) >= 11 is 0. The molecule has 1 fully saturated rings. The molecule has 8 heterocycles. The van der Waals surface area contributed by atoms with Crippen molar-refractivity contribution in [1.29, 1.82) is 0 Å². The van der Waals surface area contributed by atoms with E-state index in [1.165, 1.54) is 270 Å². The summed E-state index contributed by atoms with van der Waals surface area (Å²) in [7, 11) is 8.55. The molecule has 5 aliphatic rings. The average molecular weight is 1950 g/mol. The number of nitrogens with zero attached hydrogens (tertiary/aromatic N) is 4. The van der Waals surface area contributed by atoms with Gasteiger partial charge in [-0.05, 0) is 338 Å². The molecular formula is C140H150N4O4+4. The van der Waals surface area contributed by atoms with Crippen LogP contribution in [0.1, 0.15) is 260 Å². The number of rotatable bonds is 12. The number of fused-ring (bicyclic) bond motifs is 26. The molecule has 0 radical (unpaired) electrons. The molecular weight excluding hydrogens is 1800 g/mol. The maximum Gasteiger partial charge on any atom is 0.216 e. The molecule has 1 saturated carbocycles. The molecule has 5 aliphatic carbocycles. The molecule has 0 N–H and O–H groups in total. The van der Waals surface area contributed by atoms with E-state index in [1.54, 1.807) is 0 Å². The first-order valence-corrected chi connectivity index (χ1v) is 54.7. The Balaban J connectivity index is 0.000000112. The zero-order chi connectivity index (χ0) is 104. The maximum absolute atomic E-state index is 6.91. The molecule has 12 aromatic carbocycles. The highest BCUT2D eigenvalue weighted by molar-refractivity contribution is 6.16. The predicted molar refractivity (Wildman–Crippen MR) is 618 cm³/mol. The van der Waals surface area contributed by atoms with E-state index in [0.29, 0.717) is 23.7 Å². The third-order valence-corrected chi connectivity index (χ3v) is 35.3. The second-order valence-electron chi connectivity index (χ2n) is 49.5. The minimum atomic E-state index is -0.0607. The van der Waals surface area contributed by atoms with Gasteiger partial charge in [-0.1, -0.05) is 255 Å². The summed E-state index contributed by atoms with van der Waals surface area (Å²) in [4.78, 5) is 0. The molecule has 0 unspecified atom stereocenters. The fourth-order valence-electron chi connectivity index (χ4n) is 28.8. The minimum absolute atomic E-state index is 0.0146. The summed E-state index contributed by atoms with van der Waals surface area (Å²) in [5.41, 5.74) is 56.1. The normalized spacial score (nSPS) is 14.7. The fraction of sp³-hybridized carbons (Fsp3) is 0.343. The quantitative estimate of drug-likeness (QED) is 0.114. The van der Waals surface area contributed by atoms with E-state index in [1.807, 2.05) is 0 Å². The van der Waals surface area contributed by atoms with Gasteiger partial charge in [-0.25, -0.2) is 18.3 Å². The number of hydrogen-bond acceptors (Lipinski definition) is 4. The molecule has 0 aliphatic heterocycles. The second-order valence-corrected chi connectivity index (χ2v) is 49.5. The van der Waals surface area contributed by atoms with Gasteiger partial charge in [0.05, 0.1) is 22.3 Å². The van der Waals surface area contributed by atoms with Gasteiger partial charge in [-0.15, -0.1) is 0 Å². The zero-order valence-corrected chi connectivity index (χ0v) is 93.5. The van der Waals surface area contributed by atoms with Crippen molar-refractivity contribution < 1.29 is 35.9 Å². The number of benzene rings is 12. The van der Waals surface area contributed by atoms with Crippen LogP contribution < -0.4 is 18.3 Å². The van der Waals surface area contributed by atoms with Crippen molar-refractivity contribution >= 4 is 87.8 Å². The van der Waals surface area contributed by atoms with Crippen LogP contribution in [0.15, 0.2) is 261 Å². The van der Waals surface area contributed by atoms with Crippen molar-refractivity contribution in [3.05, 3.63) is 354 Å². The first-order chi connectivity index (χ1) is 70.4. The zero-order valence-electron chi connectivity index (χ0n) is 93.5. The third-order valence-electron chi connectivity index (χ3n) is 35.3. The third kappa shape index (κ3) is 15.7. The Morgan fingerprint density at radius 3 is 0.838 bits per heavy atom. The summed E-state index contributed by atoms with van der Waals surface area (Å²) < 4.78 is 36.3. The van der Waals surface area contributed by atoms with Crippen LogP contribution in [0.3, 0.4) is 0 Å². The van der Waals surface area contributed by atoms with Gasteiger partial charge in [-0.3, -0.25) is 0 Å². The molecule has 0 atom stereocenters. The number of furan rings is 4. The van der Waals surface area contributed by atoms with Crippen molar-refractivity contribution in [1.82, 2.24) is 0 Å². The summed E-state index contributed by atoms with van der Waals surface area (Å²) in [6, 6.07) is 82.8. The predicted octanol–water partition coefficient (Wildman–Crippen LogP) is 35.9. The molecule has 0 amide bonds. The lowest BCUT2D eigenvalue weighted by atomic mass is 9.62. The Kier molecular flexibility index (Phi) is 24.2. The Hall–Kier alpha value is -13.6. The van der Waals surface area contributed by atoms with Crippen LogP contribution in [-0.2, 0) is 49.9 Å². The monoisotopic (exact) mass is 1950 g/mol.